The van der Waals surface area contributed by atoms with Gasteiger partial charge in [0.1, 0.15) is 0 Å². The van der Waals surface area contributed by atoms with Crippen molar-refractivity contribution in [2.45, 2.75) is 20.4 Å². The van der Waals surface area contributed by atoms with Gasteiger partial charge in [0.25, 0.3) is 5.91 Å². The normalized spacial score (nSPS) is 10.1. The van der Waals surface area contributed by atoms with E-state index in [2.05, 4.69) is 15.8 Å². The second kappa shape index (κ2) is 6.01. The first-order valence-corrected chi connectivity index (χ1v) is 6.12. The third-order valence-electron chi connectivity index (χ3n) is 2.58. The first-order chi connectivity index (χ1) is 9.54. The van der Waals surface area contributed by atoms with Gasteiger partial charge in [-0.1, -0.05) is 17.3 Å². The Morgan fingerprint density at radius 2 is 1.95 bits per heavy atom. The zero-order chi connectivity index (χ0) is 14.5. The SMILES string of the molecule is CC(=O)Nc1ccc(CNC(=O)c2cc(C)no2)cc1. The highest BCUT2D eigenvalue weighted by atomic mass is 16.5. The van der Waals surface area contributed by atoms with E-state index in [0.717, 1.165) is 11.3 Å². The van der Waals surface area contributed by atoms with Crippen LogP contribution in [0.2, 0.25) is 0 Å². The predicted molar refractivity (Wildman–Crippen MR) is 73.2 cm³/mol. The number of carbonyl (C=O) groups excluding carboxylic acids is 2. The molecule has 0 saturated carbocycles. The van der Waals surface area contributed by atoms with E-state index in [1.807, 2.05) is 12.1 Å². The van der Waals surface area contributed by atoms with Crippen LogP contribution < -0.4 is 10.6 Å². The molecule has 0 aliphatic heterocycles. The van der Waals surface area contributed by atoms with Crippen molar-refractivity contribution in [2.24, 2.45) is 0 Å². The van der Waals surface area contributed by atoms with E-state index < -0.39 is 0 Å². The van der Waals surface area contributed by atoms with Gasteiger partial charge >= 0.3 is 0 Å². The molecule has 0 aliphatic carbocycles. The van der Waals surface area contributed by atoms with Crippen molar-refractivity contribution in [1.29, 1.82) is 0 Å². The first kappa shape index (κ1) is 13.8. The summed E-state index contributed by atoms with van der Waals surface area (Å²) in [6.45, 7) is 3.58. The standard InChI is InChI=1S/C14H15N3O3/c1-9-7-13(20-17-9)14(19)15-8-11-3-5-12(6-4-11)16-10(2)18/h3-7H,8H2,1-2H3,(H,15,19)(H,16,18). The average molecular weight is 273 g/mol. The van der Waals surface area contributed by atoms with Gasteiger partial charge in [0.05, 0.1) is 5.69 Å². The Labute approximate surface area is 116 Å². The molecule has 6 nitrogen and oxygen atoms in total. The number of anilines is 1. The van der Waals surface area contributed by atoms with Gasteiger partial charge in [-0.05, 0) is 24.6 Å². The average Bonchev–Trinajstić information content (AvgIpc) is 2.84. The third-order valence-corrected chi connectivity index (χ3v) is 2.58. The summed E-state index contributed by atoms with van der Waals surface area (Å²) < 4.78 is 4.87. The summed E-state index contributed by atoms with van der Waals surface area (Å²) >= 11 is 0. The highest BCUT2D eigenvalue weighted by molar-refractivity contribution is 5.91. The summed E-state index contributed by atoms with van der Waals surface area (Å²) in [5.41, 5.74) is 2.30. The highest BCUT2D eigenvalue weighted by Gasteiger charge is 2.10. The number of nitrogens with one attached hydrogen (secondary N) is 2. The summed E-state index contributed by atoms with van der Waals surface area (Å²) in [6, 6.07) is 8.80. The number of hydrogen-bond donors (Lipinski definition) is 2. The summed E-state index contributed by atoms with van der Waals surface area (Å²) in [5, 5.41) is 9.06. The lowest BCUT2D eigenvalue weighted by Crippen LogP contribution is -2.22. The van der Waals surface area contributed by atoms with E-state index in [9.17, 15) is 9.59 Å². The lowest BCUT2D eigenvalue weighted by molar-refractivity contribution is -0.114. The van der Waals surface area contributed by atoms with E-state index in [0.29, 0.717) is 12.2 Å². The lowest BCUT2D eigenvalue weighted by atomic mass is 10.2. The van der Waals surface area contributed by atoms with Crippen LogP contribution in [0.15, 0.2) is 34.9 Å². The number of carbonyl (C=O) groups is 2. The molecule has 0 unspecified atom stereocenters. The maximum Gasteiger partial charge on any atom is 0.290 e. The molecule has 2 rings (SSSR count). The predicted octanol–water partition coefficient (Wildman–Crippen LogP) is 1.87. The Morgan fingerprint density at radius 1 is 1.25 bits per heavy atom. The van der Waals surface area contributed by atoms with Crippen LogP contribution in [0, 0.1) is 6.92 Å². The number of hydrogen-bond acceptors (Lipinski definition) is 4. The molecule has 0 atom stereocenters. The molecule has 0 bridgehead atoms. The van der Waals surface area contributed by atoms with Crippen LogP contribution in [0.5, 0.6) is 0 Å². The summed E-state index contributed by atoms with van der Waals surface area (Å²) in [4.78, 5) is 22.6. The molecule has 104 valence electrons. The summed E-state index contributed by atoms with van der Waals surface area (Å²) in [7, 11) is 0. The van der Waals surface area contributed by atoms with Crippen molar-refractivity contribution in [3.8, 4) is 0 Å². The number of aryl methyl sites for hydroxylation is 1. The molecule has 20 heavy (non-hydrogen) atoms. The number of aromatic nitrogens is 1. The number of nitrogens with zero attached hydrogens (tertiary/aromatic N) is 1. The van der Waals surface area contributed by atoms with E-state index in [4.69, 9.17) is 4.52 Å². The molecule has 1 aromatic carbocycles. The van der Waals surface area contributed by atoms with Crippen molar-refractivity contribution in [3.05, 3.63) is 47.3 Å². The van der Waals surface area contributed by atoms with Crippen LogP contribution in [0.25, 0.3) is 0 Å². The molecule has 2 N–H and O–H groups in total. The molecule has 0 spiro atoms. The van der Waals surface area contributed by atoms with Crippen molar-refractivity contribution in [1.82, 2.24) is 10.5 Å². The van der Waals surface area contributed by atoms with Crippen molar-refractivity contribution < 1.29 is 14.1 Å². The number of rotatable bonds is 4. The van der Waals surface area contributed by atoms with Crippen LogP contribution in [0.3, 0.4) is 0 Å². The van der Waals surface area contributed by atoms with Gasteiger partial charge in [0.2, 0.25) is 11.7 Å². The van der Waals surface area contributed by atoms with Crippen LogP contribution in [0.1, 0.15) is 28.7 Å². The molecule has 1 heterocycles. The Bertz CT molecular complexity index is 617. The molecule has 0 aliphatic rings. The molecule has 2 amide bonds. The van der Waals surface area contributed by atoms with Crippen LogP contribution in [-0.4, -0.2) is 17.0 Å². The Hall–Kier alpha value is -2.63. The van der Waals surface area contributed by atoms with E-state index in [-0.39, 0.29) is 17.6 Å². The van der Waals surface area contributed by atoms with Crippen LogP contribution in [-0.2, 0) is 11.3 Å². The maximum atomic E-state index is 11.7. The van der Waals surface area contributed by atoms with E-state index in [1.165, 1.54) is 6.92 Å². The minimum Gasteiger partial charge on any atom is -0.351 e. The molecule has 2 aromatic rings. The maximum absolute atomic E-state index is 11.7. The molecular weight excluding hydrogens is 258 g/mol. The summed E-state index contributed by atoms with van der Waals surface area (Å²) in [6.07, 6.45) is 0. The quantitative estimate of drug-likeness (QED) is 0.890. The van der Waals surface area contributed by atoms with Gasteiger partial charge in [0.15, 0.2) is 0 Å². The van der Waals surface area contributed by atoms with E-state index >= 15 is 0 Å². The van der Waals surface area contributed by atoms with Crippen molar-refractivity contribution in [2.75, 3.05) is 5.32 Å². The highest BCUT2D eigenvalue weighted by Crippen LogP contribution is 2.09. The Balaban J connectivity index is 1.90. The largest absolute Gasteiger partial charge is 0.351 e. The second-order valence-corrected chi connectivity index (χ2v) is 4.39. The second-order valence-electron chi connectivity index (χ2n) is 4.39. The van der Waals surface area contributed by atoms with Gasteiger partial charge in [-0.25, -0.2) is 0 Å². The molecule has 0 radical (unpaired) electrons. The van der Waals surface area contributed by atoms with Crippen molar-refractivity contribution >= 4 is 17.5 Å². The smallest absolute Gasteiger partial charge is 0.290 e. The number of amides is 2. The van der Waals surface area contributed by atoms with Gasteiger partial charge in [-0.15, -0.1) is 0 Å². The fourth-order valence-corrected chi connectivity index (χ4v) is 1.65. The molecule has 6 heteroatoms. The number of benzene rings is 1. The zero-order valence-electron chi connectivity index (χ0n) is 11.3. The fourth-order valence-electron chi connectivity index (χ4n) is 1.65. The zero-order valence-corrected chi connectivity index (χ0v) is 11.3. The lowest BCUT2D eigenvalue weighted by Gasteiger charge is -2.05. The van der Waals surface area contributed by atoms with Crippen LogP contribution in [0.4, 0.5) is 5.69 Å². The monoisotopic (exact) mass is 273 g/mol. The topological polar surface area (TPSA) is 84.2 Å². The first-order valence-electron chi connectivity index (χ1n) is 6.12. The van der Waals surface area contributed by atoms with E-state index in [1.54, 1.807) is 25.1 Å². The molecule has 0 saturated heterocycles. The summed E-state index contributed by atoms with van der Waals surface area (Å²) in [5.74, 6) is -0.236. The van der Waals surface area contributed by atoms with Gasteiger partial charge in [0, 0.05) is 25.2 Å². The molecular formula is C14H15N3O3. The van der Waals surface area contributed by atoms with Gasteiger partial charge in [-0.2, -0.15) is 0 Å². The Morgan fingerprint density at radius 3 is 2.50 bits per heavy atom. The fraction of sp³-hybridized carbons (Fsp3) is 0.214. The molecule has 0 fully saturated rings. The molecule has 1 aromatic heterocycles. The van der Waals surface area contributed by atoms with Gasteiger partial charge in [-0.3, -0.25) is 9.59 Å². The minimum atomic E-state index is -0.309. The van der Waals surface area contributed by atoms with Gasteiger partial charge < -0.3 is 15.2 Å². The Kier molecular flexibility index (Phi) is 4.14. The third kappa shape index (κ3) is 3.68. The van der Waals surface area contributed by atoms with Crippen molar-refractivity contribution in [3.63, 3.8) is 0 Å². The minimum absolute atomic E-state index is 0.119. The van der Waals surface area contributed by atoms with Crippen LogP contribution >= 0.6 is 0 Å².